The topological polar surface area (TPSA) is 41.1 Å². The Bertz CT molecular complexity index is 703. The molecule has 0 bridgehead atoms. The molecule has 108 valence electrons. The molecule has 0 aromatic heterocycles. The predicted molar refractivity (Wildman–Crippen MR) is 83.9 cm³/mol. The highest BCUT2D eigenvalue weighted by molar-refractivity contribution is 9.10. The lowest BCUT2D eigenvalue weighted by Crippen LogP contribution is -2.26. The third kappa shape index (κ3) is 2.99. The Labute approximate surface area is 130 Å². The number of carbonyl (C=O) groups is 1. The minimum Gasteiger partial charge on any atom is -0.322 e. The molecule has 0 fully saturated rings. The Morgan fingerprint density at radius 2 is 2.14 bits per heavy atom. The zero-order valence-corrected chi connectivity index (χ0v) is 12.8. The van der Waals surface area contributed by atoms with E-state index in [2.05, 4.69) is 26.6 Å². The molecule has 2 N–H and O–H groups in total. The Morgan fingerprint density at radius 3 is 2.95 bits per heavy atom. The van der Waals surface area contributed by atoms with E-state index in [-0.39, 0.29) is 5.91 Å². The van der Waals surface area contributed by atoms with E-state index in [1.807, 2.05) is 18.2 Å². The number of halogens is 2. The normalized spacial score (nSPS) is 13.6. The summed E-state index contributed by atoms with van der Waals surface area (Å²) >= 11 is 3.10. The van der Waals surface area contributed by atoms with Gasteiger partial charge < -0.3 is 10.6 Å². The SMILES string of the molecule is O=C(Nc1ccc(Br)c(F)c1)c1cccc2c1CCNC2. The Hall–Kier alpha value is -1.72. The summed E-state index contributed by atoms with van der Waals surface area (Å²) < 4.78 is 13.9. The van der Waals surface area contributed by atoms with Crippen LogP contribution in [0.4, 0.5) is 10.1 Å². The predicted octanol–water partition coefficient (Wildman–Crippen LogP) is 3.49. The van der Waals surface area contributed by atoms with Crippen molar-refractivity contribution in [3.63, 3.8) is 0 Å². The van der Waals surface area contributed by atoms with Crippen molar-refractivity contribution in [2.45, 2.75) is 13.0 Å². The number of fused-ring (bicyclic) bond motifs is 1. The molecular formula is C16H14BrFN2O. The zero-order valence-electron chi connectivity index (χ0n) is 11.2. The van der Waals surface area contributed by atoms with Crippen molar-refractivity contribution in [2.24, 2.45) is 0 Å². The van der Waals surface area contributed by atoms with Crippen LogP contribution >= 0.6 is 15.9 Å². The largest absolute Gasteiger partial charge is 0.322 e. The second-order valence-electron chi connectivity index (χ2n) is 4.95. The van der Waals surface area contributed by atoms with Gasteiger partial charge in [-0.2, -0.15) is 0 Å². The van der Waals surface area contributed by atoms with E-state index in [0.29, 0.717) is 15.7 Å². The fraction of sp³-hybridized carbons (Fsp3) is 0.188. The number of hydrogen-bond acceptors (Lipinski definition) is 2. The van der Waals surface area contributed by atoms with Gasteiger partial charge in [-0.05, 0) is 64.3 Å². The summed E-state index contributed by atoms with van der Waals surface area (Å²) in [6.07, 6.45) is 0.827. The second-order valence-corrected chi connectivity index (χ2v) is 5.81. The van der Waals surface area contributed by atoms with Crippen molar-refractivity contribution in [3.8, 4) is 0 Å². The van der Waals surface area contributed by atoms with Crippen LogP contribution in [-0.4, -0.2) is 12.5 Å². The van der Waals surface area contributed by atoms with Gasteiger partial charge >= 0.3 is 0 Å². The van der Waals surface area contributed by atoms with Crippen LogP contribution in [0.2, 0.25) is 0 Å². The van der Waals surface area contributed by atoms with E-state index in [4.69, 9.17) is 0 Å². The summed E-state index contributed by atoms with van der Waals surface area (Å²) in [5.74, 6) is -0.595. The highest BCUT2D eigenvalue weighted by Crippen LogP contribution is 2.22. The summed E-state index contributed by atoms with van der Waals surface area (Å²) in [7, 11) is 0. The minimum atomic E-state index is -0.396. The monoisotopic (exact) mass is 348 g/mol. The third-order valence-electron chi connectivity index (χ3n) is 3.56. The quantitative estimate of drug-likeness (QED) is 0.872. The molecule has 0 saturated heterocycles. The number of carbonyl (C=O) groups excluding carboxylic acids is 1. The lowest BCUT2D eigenvalue weighted by Gasteiger charge is -2.20. The third-order valence-corrected chi connectivity index (χ3v) is 4.21. The molecule has 0 saturated carbocycles. The van der Waals surface area contributed by atoms with Gasteiger partial charge in [0.15, 0.2) is 0 Å². The first-order valence-corrected chi connectivity index (χ1v) is 7.52. The van der Waals surface area contributed by atoms with Gasteiger partial charge in [0.25, 0.3) is 5.91 Å². The van der Waals surface area contributed by atoms with Gasteiger partial charge in [0.05, 0.1) is 4.47 Å². The zero-order chi connectivity index (χ0) is 14.8. The van der Waals surface area contributed by atoms with Crippen molar-refractivity contribution >= 4 is 27.5 Å². The summed E-state index contributed by atoms with van der Waals surface area (Å²) in [5, 5.41) is 6.04. The molecule has 5 heteroatoms. The van der Waals surface area contributed by atoms with E-state index in [1.54, 1.807) is 12.1 Å². The molecule has 3 rings (SSSR count). The van der Waals surface area contributed by atoms with E-state index in [9.17, 15) is 9.18 Å². The van der Waals surface area contributed by atoms with Crippen LogP contribution < -0.4 is 10.6 Å². The van der Waals surface area contributed by atoms with Crippen LogP contribution in [0.1, 0.15) is 21.5 Å². The molecule has 3 nitrogen and oxygen atoms in total. The van der Waals surface area contributed by atoms with Crippen molar-refractivity contribution in [1.29, 1.82) is 0 Å². The van der Waals surface area contributed by atoms with Gasteiger partial charge in [0.1, 0.15) is 5.82 Å². The van der Waals surface area contributed by atoms with Crippen LogP contribution in [0, 0.1) is 5.82 Å². The number of amides is 1. The smallest absolute Gasteiger partial charge is 0.255 e. The van der Waals surface area contributed by atoms with E-state index in [0.717, 1.165) is 30.6 Å². The van der Waals surface area contributed by atoms with Gasteiger partial charge in [-0.15, -0.1) is 0 Å². The van der Waals surface area contributed by atoms with Crippen LogP contribution in [0.25, 0.3) is 0 Å². The van der Waals surface area contributed by atoms with Crippen LogP contribution in [0.15, 0.2) is 40.9 Å². The fourth-order valence-electron chi connectivity index (χ4n) is 2.52. The number of rotatable bonds is 2. The van der Waals surface area contributed by atoms with E-state index >= 15 is 0 Å². The molecule has 1 aliphatic heterocycles. The molecule has 2 aromatic rings. The second kappa shape index (κ2) is 5.95. The average Bonchev–Trinajstić information content (AvgIpc) is 2.50. The van der Waals surface area contributed by atoms with Gasteiger partial charge in [-0.1, -0.05) is 12.1 Å². The van der Waals surface area contributed by atoms with Crippen LogP contribution in [0.5, 0.6) is 0 Å². The van der Waals surface area contributed by atoms with Crippen molar-refractivity contribution in [3.05, 3.63) is 63.4 Å². The first-order chi connectivity index (χ1) is 10.1. The summed E-state index contributed by atoms with van der Waals surface area (Å²) in [5.41, 5.74) is 3.34. The first kappa shape index (κ1) is 14.2. The number of hydrogen-bond donors (Lipinski definition) is 2. The van der Waals surface area contributed by atoms with E-state index in [1.165, 1.54) is 6.07 Å². The van der Waals surface area contributed by atoms with Crippen molar-refractivity contribution in [1.82, 2.24) is 5.32 Å². The molecule has 0 radical (unpaired) electrons. The maximum atomic E-state index is 13.5. The standard InChI is InChI=1S/C16H14BrFN2O/c17-14-5-4-11(8-15(14)18)20-16(21)13-3-1-2-10-9-19-7-6-12(10)13/h1-5,8,19H,6-7,9H2,(H,20,21). The number of benzene rings is 2. The average molecular weight is 349 g/mol. The van der Waals surface area contributed by atoms with Crippen molar-refractivity contribution in [2.75, 3.05) is 11.9 Å². The molecule has 1 amide bonds. The van der Waals surface area contributed by atoms with Crippen molar-refractivity contribution < 1.29 is 9.18 Å². The summed E-state index contributed by atoms with van der Waals surface area (Å²) in [4.78, 5) is 12.4. The molecular weight excluding hydrogens is 335 g/mol. The highest BCUT2D eigenvalue weighted by atomic mass is 79.9. The Balaban J connectivity index is 1.87. The molecule has 0 aliphatic carbocycles. The highest BCUT2D eigenvalue weighted by Gasteiger charge is 2.17. The molecule has 0 spiro atoms. The fourth-order valence-corrected chi connectivity index (χ4v) is 2.76. The molecule has 2 aromatic carbocycles. The minimum absolute atomic E-state index is 0.199. The van der Waals surface area contributed by atoms with Crippen LogP contribution in [0.3, 0.4) is 0 Å². The van der Waals surface area contributed by atoms with E-state index < -0.39 is 5.82 Å². The Kier molecular flexibility index (Phi) is 4.03. The molecule has 0 unspecified atom stereocenters. The molecule has 0 atom stereocenters. The maximum absolute atomic E-state index is 13.5. The number of anilines is 1. The first-order valence-electron chi connectivity index (χ1n) is 6.73. The maximum Gasteiger partial charge on any atom is 0.255 e. The number of nitrogens with one attached hydrogen (secondary N) is 2. The molecule has 1 heterocycles. The molecule has 1 aliphatic rings. The molecule has 21 heavy (non-hydrogen) atoms. The van der Waals surface area contributed by atoms with Gasteiger partial charge in [0, 0.05) is 17.8 Å². The summed E-state index contributed by atoms with van der Waals surface area (Å²) in [6, 6.07) is 10.3. The summed E-state index contributed by atoms with van der Waals surface area (Å²) in [6.45, 7) is 1.65. The van der Waals surface area contributed by atoms with Gasteiger partial charge in [0.2, 0.25) is 0 Å². The van der Waals surface area contributed by atoms with Gasteiger partial charge in [-0.3, -0.25) is 4.79 Å². The van der Waals surface area contributed by atoms with Crippen LogP contribution in [-0.2, 0) is 13.0 Å². The lowest BCUT2D eigenvalue weighted by molar-refractivity contribution is 0.102. The Morgan fingerprint density at radius 1 is 1.29 bits per heavy atom. The van der Waals surface area contributed by atoms with Gasteiger partial charge in [-0.25, -0.2) is 4.39 Å². The lowest BCUT2D eigenvalue weighted by atomic mass is 9.95.